The van der Waals surface area contributed by atoms with E-state index in [2.05, 4.69) is 22.9 Å². The molecule has 0 aromatic carbocycles. The topological polar surface area (TPSA) is 84.3 Å². The molecule has 0 radical (unpaired) electrons. The minimum atomic E-state index is -0.880. The summed E-state index contributed by atoms with van der Waals surface area (Å²) in [5.74, 6) is -1.75. The van der Waals surface area contributed by atoms with E-state index in [0.717, 1.165) is 6.54 Å². The third-order valence-corrected chi connectivity index (χ3v) is 2.77. The Balaban J connectivity index is 4.06. The fourth-order valence-corrected chi connectivity index (χ4v) is 1.58. The van der Waals surface area contributed by atoms with Gasteiger partial charge >= 0.3 is 11.9 Å². The molecule has 0 spiro atoms. The first kappa shape index (κ1) is 17.6. The molecule has 0 aromatic heterocycles. The van der Waals surface area contributed by atoms with Gasteiger partial charge in [0.2, 0.25) is 0 Å². The van der Waals surface area contributed by atoms with Crippen LogP contribution >= 0.6 is 22.9 Å². The van der Waals surface area contributed by atoms with Crippen LogP contribution in [0.5, 0.6) is 0 Å². The number of likely N-dealkylation sites (N-methyl/N-ethyl adjacent to an activating group) is 2. The largest absolute Gasteiger partial charge is 0.480 e. The molecule has 106 valence electrons. The van der Waals surface area contributed by atoms with E-state index >= 15 is 0 Å². The molecule has 0 atom stereocenters. The lowest BCUT2D eigenvalue weighted by Gasteiger charge is -2.24. The van der Waals surface area contributed by atoms with E-state index in [4.69, 9.17) is 10.2 Å². The molecule has 8 heteroatoms. The molecular weight excluding hydrogens is 353 g/mol. The van der Waals surface area contributed by atoms with Crippen molar-refractivity contribution >= 4 is 34.8 Å². The molecule has 0 aliphatic carbocycles. The molecule has 0 aromatic rings. The molecule has 0 aliphatic heterocycles. The summed E-state index contributed by atoms with van der Waals surface area (Å²) in [6.07, 6.45) is 0. The maximum Gasteiger partial charge on any atom is 0.317 e. The van der Waals surface area contributed by atoms with Gasteiger partial charge in [-0.25, -0.2) is 3.11 Å². The van der Waals surface area contributed by atoms with E-state index in [1.165, 1.54) is 0 Å². The van der Waals surface area contributed by atoms with Crippen molar-refractivity contribution in [1.29, 1.82) is 0 Å². The number of rotatable bonds is 10. The van der Waals surface area contributed by atoms with Crippen molar-refractivity contribution in [1.82, 2.24) is 12.9 Å². The second-order valence-electron chi connectivity index (χ2n) is 4.13. The van der Waals surface area contributed by atoms with Crippen LogP contribution in [0.15, 0.2) is 0 Å². The zero-order chi connectivity index (χ0) is 14.1. The summed E-state index contributed by atoms with van der Waals surface area (Å²) in [5.41, 5.74) is 0. The van der Waals surface area contributed by atoms with Crippen LogP contribution in [0.2, 0.25) is 0 Å². The minimum absolute atomic E-state index is 0.0224. The molecule has 0 heterocycles. The van der Waals surface area contributed by atoms with Crippen molar-refractivity contribution in [3.05, 3.63) is 0 Å². The molecule has 0 rings (SSSR count). The molecule has 2 N–H and O–H groups in total. The smallest absolute Gasteiger partial charge is 0.317 e. The number of hydrogen-bond donors (Lipinski definition) is 2. The lowest BCUT2D eigenvalue weighted by atomic mass is 10.4. The van der Waals surface area contributed by atoms with Gasteiger partial charge in [-0.15, -0.1) is 0 Å². The van der Waals surface area contributed by atoms with Gasteiger partial charge in [0.25, 0.3) is 0 Å². The summed E-state index contributed by atoms with van der Waals surface area (Å²) < 4.78 is 1.95. The van der Waals surface area contributed by atoms with Gasteiger partial charge in [-0.2, -0.15) is 0 Å². The number of aliphatic carboxylic acids is 2. The highest BCUT2D eigenvalue weighted by Gasteiger charge is 2.12. The second kappa shape index (κ2) is 9.48. The molecule has 0 saturated carbocycles. The van der Waals surface area contributed by atoms with Gasteiger partial charge in [0.15, 0.2) is 0 Å². The predicted octanol–water partition coefficient (Wildman–Crippen LogP) is -0.329. The fourth-order valence-electron chi connectivity index (χ4n) is 1.36. The first-order valence-corrected chi connectivity index (χ1v) is 6.49. The molecule has 0 unspecified atom stereocenters. The van der Waals surface area contributed by atoms with Gasteiger partial charge in [0, 0.05) is 49.0 Å². The standard InChI is InChI=1S/C10H20IN3O4/c1-12(7-9(15)16)3-5-14(8-10(17)18)6-4-13(2)11/h3-8H2,1-2H3,(H,15,16)(H,17,18). The van der Waals surface area contributed by atoms with Crippen molar-refractivity contribution in [2.45, 2.75) is 0 Å². The highest BCUT2D eigenvalue weighted by atomic mass is 127. The Morgan fingerprint density at radius 3 is 1.89 bits per heavy atom. The van der Waals surface area contributed by atoms with Gasteiger partial charge in [-0.3, -0.25) is 19.4 Å². The summed E-state index contributed by atoms with van der Waals surface area (Å²) in [6, 6.07) is 0. The number of carboxylic acid groups (broad SMARTS) is 2. The molecule has 0 amide bonds. The Morgan fingerprint density at radius 2 is 1.44 bits per heavy atom. The first-order chi connectivity index (χ1) is 8.31. The zero-order valence-electron chi connectivity index (χ0n) is 10.7. The second-order valence-corrected chi connectivity index (χ2v) is 5.78. The fraction of sp³-hybridized carbons (Fsp3) is 0.800. The summed E-state index contributed by atoms with van der Waals surface area (Å²) in [4.78, 5) is 24.7. The number of carbonyl (C=O) groups is 2. The van der Waals surface area contributed by atoms with Crippen LogP contribution in [0, 0.1) is 0 Å². The highest BCUT2D eigenvalue weighted by molar-refractivity contribution is 14.1. The Morgan fingerprint density at radius 1 is 0.944 bits per heavy atom. The SMILES string of the molecule is CN(I)CCN(CCN(C)CC(=O)O)CC(=O)O. The summed E-state index contributed by atoms with van der Waals surface area (Å²) >= 11 is 2.14. The van der Waals surface area contributed by atoms with Gasteiger partial charge in [-0.05, 0) is 14.1 Å². The lowest BCUT2D eigenvalue weighted by molar-refractivity contribution is -0.140. The van der Waals surface area contributed by atoms with Crippen LogP contribution in [0.1, 0.15) is 0 Å². The maximum absolute atomic E-state index is 10.7. The van der Waals surface area contributed by atoms with Gasteiger partial charge in [0.1, 0.15) is 0 Å². The highest BCUT2D eigenvalue weighted by Crippen LogP contribution is 1.96. The van der Waals surface area contributed by atoms with E-state index in [0.29, 0.717) is 19.6 Å². The molecule has 7 nitrogen and oxygen atoms in total. The van der Waals surface area contributed by atoms with Crippen molar-refractivity contribution < 1.29 is 19.8 Å². The van der Waals surface area contributed by atoms with E-state index in [1.54, 1.807) is 16.8 Å². The minimum Gasteiger partial charge on any atom is -0.480 e. The Hall–Kier alpha value is -0.450. The third kappa shape index (κ3) is 10.7. The van der Waals surface area contributed by atoms with Crippen molar-refractivity contribution in [3.63, 3.8) is 0 Å². The normalized spacial score (nSPS) is 11.4. The average molecular weight is 373 g/mol. The van der Waals surface area contributed by atoms with Gasteiger partial charge in [0.05, 0.1) is 13.1 Å². The molecule has 18 heavy (non-hydrogen) atoms. The number of nitrogens with zero attached hydrogens (tertiary/aromatic N) is 3. The maximum atomic E-state index is 10.7. The van der Waals surface area contributed by atoms with Crippen LogP contribution in [0.3, 0.4) is 0 Å². The summed E-state index contributed by atoms with van der Waals surface area (Å²) in [5, 5.41) is 17.4. The number of carboxylic acids is 2. The van der Waals surface area contributed by atoms with Gasteiger partial charge < -0.3 is 10.2 Å². The Kier molecular flexibility index (Phi) is 9.24. The van der Waals surface area contributed by atoms with E-state index in [-0.39, 0.29) is 13.1 Å². The lowest BCUT2D eigenvalue weighted by Crippen LogP contribution is -2.40. The van der Waals surface area contributed by atoms with Crippen molar-refractivity contribution in [2.75, 3.05) is 53.4 Å². The summed E-state index contributed by atoms with van der Waals surface area (Å²) in [6.45, 7) is 2.42. The van der Waals surface area contributed by atoms with Crippen LogP contribution in [0.4, 0.5) is 0 Å². The first-order valence-electron chi connectivity index (χ1n) is 5.52. The molecule has 0 aliphatic rings. The zero-order valence-corrected chi connectivity index (χ0v) is 12.8. The molecule has 0 fully saturated rings. The Bertz CT molecular complexity index is 276. The monoisotopic (exact) mass is 373 g/mol. The van der Waals surface area contributed by atoms with E-state index in [9.17, 15) is 9.59 Å². The van der Waals surface area contributed by atoms with Crippen LogP contribution < -0.4 is 0 Å². The van der Waals surface area contributed by atoms with Crippen LogP contribution in [-0.4, -0.2) is 88.4 Å². The third-order valence-electron chi connectivity index (χ3n) is 2.29. The van der Waals surface area contributed by atoms with Gasteiger partial charge in [-0.1, -0.05) is 0 Å². The quantitative estimate of drug-likeness (QED) is 0.401. The number of hydrogen-bond acceptors (Lipinski definition) is 5. The Labute approximate surface area is 121 Å². The molecule has 0 saturated heterocycles. The van der Waals surface area contributed by atoms with Crippen molar-refractivity contribution in [2.24, 2.45) is 0 Å². The molecular formula is C10H20IN3O4. The predicted molar refractivity (Wildman–Crippen MR) is 75.9 cm³/mol. The number of halogens is 1. The van der Waals surface area contributed by atoms with Crippen LogP contribution in [0.25, 0.3) is 0 Å². The van der Waals surface area contributed by atoms with E-state index in [1.807, 2.05) is 10.2 Å². The van der Waals surface area contributed by atoms with Crippen molar-refractivity contribution in [3.8, 4) is 0 Å². The average Bonchev–Trinajstić information content (AvgIpc) is 2.20. The van der Waals surface area contributed by atoms with Crippen LogP contribution in [-0.2, 0) is 9.59 Å². The summed E-state index contributed by atoms with van der Waals surface area (Å²) in [7, 11) is 3.62. The van der Waals surface area contributed by atoms with E-state index < -0.39 is 11.9 Å². The molecule has 0 bridgehead atoms.